The van der Waals surface area contributed by atoms with Gasteiger partial charge in [-0.25, -0.2) is 9.52 Å². The van der Waals surface area contributed by atoms with Gasteiger partial charge in [0.2, 0.25) is 0 Å². The molecule has 318 valence electrons. The van der Waals surface area contributed by atoms with Crippen LogP contribution in [0.3, 0.4) is 0 Å². The van der Waals surface area contributed by atoms with E-state index in [2.05, 4.69) is 16.7 Å². The minimum atomic E-state index is -5.95. The van der Waals surface area contributed by atoms with Crippen LogP contribution < -0.4 is 15.4 Å². The van der Waals surface area contributed by atoms with Crippen LogP contribution in [-0.4, -0.2) is 53.8 Å². The van der Waals surface area contributed by atoms with Crippen molar-refractivity contribution < 1.29 is 45.9 Å². The monoisotopic (exact) mass is 853 g/mol. The molecule has 4 aliphatic carbocycles. The first-order valence-electron chi connectivity index (χ1n) is 20.2. The molecule has 0 unspecified atom stereocenters. The van der Waals surface area contributed by atoms with E-state index < -0.39 is 44.4 Å². The van der Waals surface area contributed by atoms with Crippen molar-refractivity contribution in [3.8, 4) is 0 Å². The van der Waals surface area contributed by atoms with Gasteiger partial charge in [-0.1, -0.05) is 84.9 Å². The molecule has 0 fully saturated rings. The third-order valence-electron chi connectivity index (χ3n) is 12.0. The van der Waals surface area contributed by atoms with Gasteiger partial charge in [-0.05, 0) is 120 Å². The summed E-state index contributed by atoms with van der Waals surface area (Å²) in [5, 5.41) is 15.4. The number of carbonyl (C=O) groups is 4. The zero-order chi connectivity index (χ0) is 43.7. The minimum absolute atomic E-state index is 0.141. The van der Waals surface area contributed by atoms with Gasteiger partial charge in [0.15, 0.2) is 0 Å². The highest BCUT2D eigenvalue weighted by Crippen LogP contribution is 2.37. The van der Waals surface area contributed by atoms with E-state index >= 15 is 0 Å². The van der Waals surface area contributed by atoms with Gasteiger partial charge in [0.25, 0.3) is 17.7 Å². The molecule has 4 aliphatic rings. The first-order valence-corrected chi connectivity index (χ1v) is 21.7. The zero-order valence-corrected chi connectivity index (χ0v) is 34.6. The van der Waals surface area contributed by atoms with Crippen molar-refractivity contribution in [1.82, 2.24) is 15.4 Å². The Labute approximate surface area is 352 Å². The van der Waals surface area contributed by atoms with Gasteiger partial charge in [0, 0.05) is 36.8 Å². The first kappa shape index (κ1) is 43.1. The van der Waals surface area contributed by atoms with Crippen LogP contribution in [0.1, 0.15) is 104 Å². The van der Waals surface area contributed by atoms with Crippen LogP contribution >= 0.6 is 0 Å². The lowest BCUT2D eigenvalue weighted by atomic mass is 9.91. The van der Waals surface area contributed by atoms with Gasteiger partial charge in [-0.15, -0.1) is 0 Å². The highest BCUT2D eigenvalue weighted by Gasteiger charge is 2.52. The molecule has 0 bridgehead atoms. The second-order valence-corrected chi connectivity index (χ2v) is 17.9. The molecular formula is C47H46F3N3O7S. The number of halogens is 3. The van der Waals surface area contributed by atoms with Gasteiger partial charge < -0.3 is 15.7 Å². The second-order valence-electron chi connectivity index (χ2n) is 16.2. The number of benzene rings is 4. The number of hydrogen-bond acceptors (Lipinski definition) is 6. The smallest absolute Gasteiger partial charge is 0.479 e. The van der Waals surface area contributed by atoms with Crippen LogP contribution in [0.5, 0.6) is 0 Å². The van der Waals surface area contributed by atoms with Crippen molar-refractivity contribution in [3.05, 3.63) is 153 Å². The van der Waals surface area contributed by atoms with E-state index in [-0.39, 0.29) is 24.3 Å². The van der Waals surface area contributed by atoms with Crippen molar-refractivity contribution in [2.45, 2.75) is 94.6 Å². The normalized spacial score (nSPS) is 17.2. The molecular weight excluding hydrogens is 808 g/mol. The largest absolute Gasteiger partial charge is 0.516 e. The molecule has 0 spiro atoms. The van der Waals surface area contributed by atoms with Gasteiger partial charge in [-0.2, -0.15) is 21.6 Å². The SMILES string of the molecule is Cc1cccc(C(=O)NC2(C(=O)NS(=O)(=O)C(F)(F)F)Cc3ccccc3C2)c1C1=CCCC1.Cc1cccc(C(=O)NC2(C(=O)O)Cc3ccccc3C2)c1C1=CCCC1. The summed E-state index contributed by atoms with van der Waals surface area (Å²) in [5.74, 6) is -3.37. The molecule has 3 amide bonds. The maximum absolute atomic E-state index is 13.5. The fourth-order valence-corrected chi connectivity index (χ4v) is 9.59. The maximum Gasteiger partial charge on any atom is 0.516 e. The Morgan fingerprint density at radius 1 is 0.607 bits per heavy atom. The summed E-state index contributed by atoms with van der Waals surface area (Å²) in [6, 6.07) is 25.3. The highest BCUT2D eigenvalue weighted by molar-refractivity contribution is 7.90. The lowest BCUT2D eigenvalue weighted by Gasteiger charge is -2.29. The summed E-state index contributed by atoms with van der Waals surface area (Å²) in [6.07, 6.45) is 10.3. The molecule has 10 nitrogen and oxygen atoms in total. The Morgan fingerprint density at radius 3 is 1.36 bits per heavy atom. The Hall–Kier alpha value is -6.02. The summed E-state index contributed by atoms with van der Waals surface area (Å²) in [7, 11) is -5.95. The number of allylic oxidation sites excluding steroid dienone is 4. The molecule has 8 rings (SSSR count). The van der Waals surface area contributed by atoms with E-state index in [0.29, 0.717) is 29.5 Å². The van der Waals surface area contributed by atoms with Crippen molar-refractivity contribution in [2.75, 3.05) is 0 Å². The van der Waals surface area contributed by atoms with E-state index in [1.165, 1.54) is 5.57 Å². The number of carbonyl (C=O) groups excluding carboxylic acids is 3. The number of amides is 3. The second kappa shape index (κ2) is 16.8. The number of sulfonamides is 1. The van der Waals surface area contributed by atoms with E-state index in [0.717, 1.165) is 82.2 Å². The molecule has 0 aliphatic heterocycles. The number of rotatable bonds is 9. The third-order valence-corrected chi connectivity index (χ3v) is 13.1. The number of aryl methyl sites for hydroxylation is 2. The van der Waals surface area contributed by atoms with Crippen molar-refractivity contribution in [1.29, 1.82) is 0 Å². The predicted molar refractivity (Wildman–Crippen MR) is 225 cm³/mol. The summed E-state index contributed by atoms with van der Waals surface area (Å²) < 4.78 is 63.4. The zero-order valence-electron chi connectivity index (χ0n) is 33.7. The summed E-state index contributed by atoms with van der Waals surface area (Å²) >= 11 is 0. The quantitative estimate of drug-likeness (QED) is 0.134. The molecule has 0 atom stereocenters. The average Bonchev–Trinajstić information content (AvgIpc) is 4.04. The van der Waals surface area contributed by atoms with Crippen molar-refractivity contribution >= 4 is 44.9 Å². The number of nitrogens with one attached hydrogen (secondary N) is 3. The molecule has 4 aromatic rings. The Morgan fingerprint density at radius 2 is 1.00 bits per heavy atom. The van der Waals surface area contributed by atoms with Crippen molar-refractivity contribution in [3.63, 3.8) is 0 Å². The standard InChI is InChI=1S/C24H23F3N2O4S.C23H23NO3/c1-15-7-6-12-19(20(15)16-8-2-3-9-16)21(30)28-23(13-17-10-4-5-11-18(17)14-23)22(31)29-34(32,33)24(25,26)27;1-15-7-6-12-19(20(15)16-8-2-3-9-16)21(25)24-23(22(26)27)13-17-10-4-5-11-18(17)14-23/h4-8,10-12H,2-3,9,13-14H2,1H3,(H,28,30)(H,29,31);4-8,10-12H,2-3,9,13-14H2,1H3,(H,24,25)(H,26,27). The lowest BCUT2D eigenvalue weighted by Crippen LogP contribution is -2.61. The topological polar surface area (TPSA) is 159 Å². The molecule has 0 saturated heterocycles. The number of carboxylic acid groups (broad SMARTS) is 1. The van der Waals surface area contributed by atoms with Gasteiger partial charge >= 0.3 is 21.5 Å². The summed E-state index contributed by atoms with van der Waals surface area (Å²) in [4.78, 5) is 51.9. The van der Waals surface area contributed by atoms with Crippen molar-refractivity contribution in [2.24, 2.45) is 0 Å². The Bertz CT molecular complexity index is 2570. The molecule has 0 saturated carbocycles. The van der Waals surface area contributed by atoms with Gasteiger partial charge in [0.05, 0.1) is 0 Å². The van der Waals surface area contributed by atoms with Crippen LogP contribution in [0.15, 0.2) is 97.1 Å². The number of aliphatic carboxylic acids is 1. The molecule has 61 heavy (non-hydrogen) atoms. The summed E-state index contributed by atoms with van der Waals surface area (Å²) in [6.45, 7) is 3.86. The van der Waals surface area contributed by atoms with E-state index in [1.54, 1.807) is 42.5 Å². The van der Waals surface area contributed by atoms with Crippen LogP contribution in [0.4, 0.5) is 13.2 Å². The lowest BCUT2D eigenvalue weighted by molar-refractivity contribution is -0.144. The van der Waals surface area contributed by atoms with Crippen LogP contribution in [-0.2, 0) is 45.3 Å². The number of alkyl halides is 3. The average molecular weight is 854 g/mol. The highest BCUT2D eigenvalue weighted by atomic mass is 32.2. The minimum Gasteiger partial charge on any atom is -0.479 e. The van der Waals surface area contributed by atoms with Crippen LogP contribution in [0.25, 0.3) is 11.1 Å². The van der Waals surface area contributed by atoms with E-state index in [4.69, 9.17) is 0 Å². The fourth-order valence-electron chi connectivity index (χ4n) is 9.04. The van der Waals surface area contributed by atoms with E-state index in [9.17, 15) is 45.9 Å². The molecule has 0 aromatic heterocycles. The maximum atomic E-state index is 13.5. The predicted octanol–water partition coefficient (Wildman–Crippen LogP) is 7.71. The fraction of sp³-hybridized carbons (Fsp3) is 0.319. The molecule has 4 aromatic carbocycles. The third kappa shape index (κ3) is 8.63. The van der Waals surface area contributed by atoms with Gasteiger partial charge in [0.1, 0.15) is 11.1 Å². The van der Waals surface area contributed by atoms with E-state index in [1.807, 2.05) is 62.4 Å². The molecule has 14 heteroatoms. The number of carboxylic acids is 1. The Kier molecular flexibility index (Phi) is 11.9. The molecule has 0 radical (unpaired) electrons. The molecule has 0 heterocycles. The number of fused-ring (bicyclic) bond motifs is 2. The molecule has 4 N–H and O–H groups in total. The summed E-state index contributed by atoms with van der Waals surface area (Å²) in [5.41, 5.74) is 1.05. The Balaban J connectivity index is 0.000000189. The number of hydrogen-bond donors (Lipinski definition) is 4. The van der Waals surface area contributed by atoms with Gasteiger partial charge in [-0.3, -0.25) is 14.4 Å². The van der Waals surface area contributed by atoms with Crippen LogP contribution in [0, 0.1) is 13.8 Å². The first-order chi connectivity index (χ1) is 28.9. The van der Waals surface area contributed by atoms with Crippen LogP contribution in [0.2, 0.25) is 0 Å².